The third-order valence-corrected chi connectivity index (χ3v) is 14.0. The molecule has 160 valence electrons. The van der Waals surface area contributed by atoms with Crippen molar-refractivity contribution < 1.29 is 4.73 Å². The van der Waals surface area contributed by atoms with Gasteiger partial charge in [-0.25, -0.2) is 4.98 Å². The first-order valence-corrected chi connectivity index (χ1v) is 21.6. The fourth-order valence-electron chi connectivity index (χ4n) is 3.66. The minimum atomic E-state index is -3.01. The zero-order chi connectivity index (χ0) is 22.4. The molecule has 0 aliphatic heterocycles. The minimum absolute atomic E-state index is 0.635. The minimum Gasteiger partial charge on any atom is -0.618 e. The molecule has 0 radical (unpaired) electrons. The van der Waals surface area contributed by atoms with Gasteiger partial charge in [-0.05, 0) is 18.2 Å². The summed E-state index contributed by atoms with van der Waals surface area (Å²) in [7, 11) is 13.2. The van der Waals surface area contributed by atoms with Gasteiger partial charge in [0.15, 0.2) is 6.20 Å². The number of pyridine rings is 2. The van der Waals surface area contributed by atoms with Crippen LogP contribution < -0.4 is 4.73 Å². The molecule has 0 atom stereocenters. The molecule has 2 heterocycles. The predicted molar refractivity (Wildman–Crippen MR) is 136 cm³/mol. The molecule has 0 saturated heterocycles. The average molecular weight is 568 g/mol. The van der Waals surface area contributed by atoms with Crippen LogP contribution in [-0.4, -0.2) is 21.1 Å². The first-order chi connectivity index (χ1) is 15.5. The Kier molecular flexibility index (Phi) is 7.51. The maximum Gasteiger partial charge on any atom is 0.250 e. The second-order valence-electron chi connectivity index (χ2n) is 7.59. The van der Waals surface area contributed by atoms with Crippen molar-refractivity contribution in [2.45, 2.75) is 8.87 Å². The molecule has 0 N–H and O–H groups in total. The molecule has 6 heteroatoms. The van der Waals surface area contributed by atoms with E-state index in [1.54, 1.807) is 12.3 Å². The molecule has 0 fully saturated rings. The van der Waals surface area contributed by atoms with Gasteiger partial charge < -0.3 is 5.21 Å². The fraction of sp³-hybridized carbons (Fsp3) is 0.0769. The van der Waals surface area contributed by atoms with E-state index >= 15 is 0 Å². The topological polar surface area (TPSA) is 39.8 Å². The van der Waals surface area contributed by atoms with E-state index in [9.17, 15) is 5.21 Å². The summed E-state index contributed by atoms with van der Waals surface area (Å²) >= 11 is -3.01. The number of hydrogen-bond acceptors (Lipinski definition) is 2. The zero-order valence-corrected chi connectivity index (χ0v) is 21.7. The smallest absolute Gasteiger partial charge is 0.250 e. The first-order valence-electron chi connectivity index (χ1n) is 10.3. The number of benzene rings is 3. The molecule has 5 rings (SSSR count). The van der Waals surface area contributed by atoms with Crippen LogP contribution in [0.4, 0.5) is 0 Å². The molecule has 0 bridgehead atoms. The fourth-order valence-corrected chi connectivity index (χ4v) is 12.9. The van der Waals surface area contributed by atoms with Crippen molar-refractivity contribution in [3.63, 3.8) is 0 Å². The van der Waals surface area contributed by atoms with Crippen molar-refractivity contribution in [2.24, 2.45) is 0 Å². The van der Waals surface area contributed by atoms with Gasteiger partial charge in [0.25, 0.3) is 0 Å². The van der Waals surface area contributed by atoms with E-state index in [0.29, 0.717) is 5.52 Å². The molecule has 0 unspecified atom stereocenters. The summed E-state index contributed by atoms with van der Waals surface area (Å²) in [5, 5.41) is 13.6. The van der Waals surface area contributed by atoms with E-state index in [4.69, 9.17) is 17.8 Å². The van der Waals surface area contributed by atoms with Gasteiger partial charge in [0.2, 0.25) is 5.52 Å². The molecule has 0 saturated carbocycles. The van der Waals surface area contributed by atoms with Gasteiger partial charge >= 0.3 is 115 Å². The quantitative estimate of drug-likeness (QED) is 0.108. The summed E-state index contributed by atoms with van der Waals surface area (Å²) in [5.74, 6) is 0. The van der Waals surface area contributed by atoms with E-state index in [1.165, 1.54) is 17.3 Å². The zero-order valence-electron chi connectivity index (χ0n) is 17.4. The van der Waals surface area contributed by atoms with Crippen LogP contribution in [0, 0.1) is 5.21 Å². The summed E-state index contributed by atoms with van der Waals surface area (Å²) < 4.78 is 2.60. The summed E-state index contributed by atoms with van der Waals surface area (Å²) in [6.45, 7) is 0. The summed E-state index contributed by atoms with van der Waals surface area (Å²) in [6, 6.07) is 32.0. The Balaban J connectivity index is 0.000000154. The van der Waals surface area contributed by atoms with Crippen LogP contribution in [0.25, 0.3) is 21.8 Å². The van der Waals surface area contributed by atoms with E-state index in [-0.39, 0.29) is 0 Å². The summed E-state index contributed by atoms with van der Waals surface area (Å²) in [6.07, 6.45) is 3.20. The Morgan fingerprint density at radius 3 is 1.88 bits per heavy atom. The van der Waals surface area contributed by atoms with Crippen molar-refractivity contribution in [3.8, 4) is 0 Å². The van der Waals surface area contributed by atoms with Gasteiger partial charge in [0.1, 0.15) is 5.52 Å². The van der Waals surface area contributed by atoms with Crippen molar-refractivity contribution in [3.05, 3.63) is 126 Å². The molecule has 0 aliphatic carbocycles. The molecule has 3 nitrogen and oxygen atoms in total. The van der Waals surface area contributed by atoms with Gasteiger partial charge in [0, 0.05) is 17.6 Å². The van der Waals surface area contributed by atoms with Crippen molar-refractivity contribution in [1.29, 1.82) is 0 Å². The Morgan fingerprint density at radius 2 is 1.25 bits per heavy atom. The van der Waals surface area contributed by atoms with Crippen LogP contribution in [0.2, 0.25) is 0 Å². The number of rotatable bonds is 4. The van der Waals surface area contributed by atoms with Crippen LogP contribution in [-0.2, 0) is 8.87 Å². The molecule has 0 aliphatic rings. The van der Waals surface area contributed by atoms with Crippen molar-refractivity contribution in [2.75, 3.05) is 0 Å². The monoisotopic (exact) mass is 568 g/mol. The van der Waals surface area contributed by atoms with E-state index in [2.05, 4.69) is 29.2 Å². The Labute approximate surface area is 199 Å². The van der Waals surface area contributed by atoms with Crippen molar-refractivity contribution >= 4 is 55.8 Å². The first kappa shape index (κ1) is 22.8. The van der Waals surface area contributed by atoms with E-state index in [1.807, 2.05) is 66.7 Å². The van der Waals surface area contributed by atoms with E-state index in [0.717, 1.165) is 29.9 Å². The number of fused-ring (bicyclic) bond motifs is 3. The second kappa shape index (κ2) is 10.5. The van der Waals surface area contributed by atoms with Gasteiger partial charge in [-0.3, -0.25) is 0 Å². The van der Waals surface area contributed by atoms with Crippen LogP contribution >= 0.6 is 17.8 Å². The molecule has 32 heavy (non-hydrogen) atoms. The van der Waals surface area contributed by atoms with Crippen molar-refractivity contribution in [1.82, 2.24) is 4.98 Å². The van der Waals surface area contributed by atoms with Crippen LogP contribution in [0.3, 0.4) is 0 Å². The average Bonchev–Trinajstić information content (AvgIpc) is 2.80. The second-order valence-corrected chi connectivity index (χ2v) is 25.5. The van der Waals surface area contributed by atoms with Gasteiger partial charge in [0.05, 0.1) is 5.39 Å². The largest absolute Gasteiger partial charge is 0.618 e. The Morgan fingerprint density at radius 1 is 0.688 bits per heavy atom. The number of halogens is 2. The standard InChI is InChI=1S/C12H8N2O.2C7H7.2ClH.Sn/c15-14-8-2-4-10-6-5-9-3-1-7-13-11(9)12(10)14;2*1-7-5-3-2-4-6-7;;;/h1-8H;2*2-6H,1H2;2*1H;/q;;;;;+2/p-2. The van der Waals surface area contributed by atoms with Gasteiger partial charge in [-0.2, -0.15) is 4.73 Å². The van der Waals surface area contributed by atoms with Crippen LogP contribution in [0.5, 0.6) is 0 Å². The molecule has 0 amide bonds. The maximum atomic E-state index is 11.7. The molecule has 2 aromatic heterocycles. The van der Waals surface area contributed by atoms with E-state index < -0.39 is 16.1 Å². The SMILES string of the molecule is [Cl][Sn]([Cl])([CH2]c1ccccc1)[CH2]c1ccccc1.[O-][n+]1cccc2ccc3cccnc3c21. The number of aromatic nitrogens is 2. The Bertz CT molecular complexity index is 1270. The third kappa shape index (κ3) is 5.91. The number of nitrogens with zero attached hydrogens (tertiary/aromatic N) is 2. The molecular weight excluding hydrogens is 546 g/mol. The van der Waals surface area contributed by atoms with Crippen LogP contribution in [0.1, 0.15) is 11.1 Å². The summed E-state index contributed by atoms with van der Waals surface area (Å²) in [4.78, 5) is 4.25. The molecule has 0 spiro atoms. The third-order valence-electron chi connectivity index (χ3n) is 5.11. The van der Waals surface area contributed by atoms with Gasteiger partial charge in [-0.1, -0.05) is 12.1 Å². The molecule has 5 aromatic rings. The number of hydrogen-bond donors (Lipinski definition) is 0. The molecule has 3 aromatic carbocycles. The van der Waals surface area contributed by atoms with Crippen LogP contribution in [0.15, 0.2) is 109 Å². The van der Waals surface area contributed by atoms with Gasteiger partial charge in [-0.15, -0.1) is 0 Å². The summed E-state index contributed by atoms with van der Waals surface area (Å²) in [5.41, 5.74) is 3.90. The Hall–Kier alpha value is -2.34. The molecular formula is C26H22Cl2N2OSn. The normalized spacial score (nSPS) is 11.2. The predicted octanol–water partition coefficient (Wildman–Crippen LogP) is 6.49. The maximum absolute atomic E-state index is 11.7.